The lowest BCUT2D eigenvalue weighted by molar-refractivity contribution is -0.121. The summed E-state index contributed by atoms with van der Waals surface area (Å²) in [6.45, 7) is 2.70. The van der Waals surface area contributed by atoms with Gasteiger partial charge in [-0.1, -0.05) is 31.9 Å². The summed E-state index contributed by atoms with van der Waals surface area (Å²) in [4.78, 5) is 52.5. The quantitative estimate of drug-likeness (QED) is 0.507. The maximum absolute atomic E-state index is 12.5. The number of imide groups is 1. The van der Waals surface area contributed by atoms with Crippen LogP contribution in [0.5, 0.6) is 5.75 Å². The molecule has 2 heterocycles. The second kappa shape index (κ2) is 9.21. The molecule has 0 bridgehead atoms. The number of nitrogens with one attached hydrogen (secondary N) is 1. The second-order valence-electron chi connectivity index (χ2n) is 7.83. The van der Waals surface area contributed by atoms with Crippen LogP contribution >= 0.6 is 0 Å². The van der Waals surface area contributed by atoms with E-state index in [0.717, 1.165) is 24.2 Å². The number of unbranched alkanes of at least 4 members (excludes halogenated alkanes) is 2. The molecule has 0 fully saturated rings. The van der Waals surface area contributed by atoms with Crippen LogP contribution in [-0.2, 0) is 9.59 Å². The van der Waals surface area contributed by atoms with Crippen molar-refractivity contribution in [2.24, 2.45) is 0 Å². The van der Waals surface area contributed by atoms with Gasteiger partial charge in [-0.2, -0.15) is 0 Å². The minimum atomic E-state index is -0.384. The first-order chi connectivity index (χ1) is 15.5. The molecule has 8 nitrogen and oxygen atoms in total. The Labute approximate surface area is 186 Å². The highest BCUT2D eigenvalue weighted by atomic mass is 16.5. The Kier molecular flexibility index (Phi) is 6.20. The molecule has 166 valence electrons. The molecule has 2 aromatic rings. The fourth-order valence-corrected chi connectivity index (χ4v) is 3.92. The summed E-state index contributed by atoms with van der Waals surface area (Å²) in [6, 6.07) is 11.8. The van der Waals surface area contributed by atoms with Gasteiger partial charge in [-0.25, -0.2) is 0 Å². The third-order valence-electron chi connectivity index (χ3n) is 5.61. The van der Waals surface area contributed by atoms with E-state index in [1.54, 1.807) is 47.4 Å². The van der Waals surface area contributed by atoms with Crippen LogP contribution < -0.4 is 15.0 Å². The molecule has 0 spiro atoms. The van der Waals surface area contributed by atoms with Gasteiger partial charge in [0.25, 0.3) is 17.7 Å². The molecule has 2 aromatic carbocycles. The van der Waals surface area contributed by atoms with Gasteiger partial charge < -0.3 is 15.0 Å². The summed E-state index contributed by atoms with van der Waals surface area (Å²) in [5.74, 6) is -0.606. The molecule has 1 N–H and O–H groups in total. The fraction of sp³-hybridized carbons (Fsp3) is 0.333. The van der Waals surface area contributed by atoms with Crippen molar-refractivity contribution >= 4 is 35.0 Å². The van der Waals surface area contributed by atoms with Gasteiger partial charge >= 0.3 is 0 Å². The van der Waals surface area contributed by atoms with Crippen molar-refractivity contribution in [3.63, 3.8) is 0 Å². The van der Waals surface area contributed by atoms with E-state index >= 15 is 0 Å². The number of fused-ring (bicyclic) bond motifs is 2. The molecule has 0 saturated heterocycles. The number of carbonyl (C=O) groups excluding carboxylic acids is 4. The van der Waals surface area contributed by atoms with E-state index in [2.05, 4.69) is 12.2 Å². The first-order valence-electron chi connectivity index (χ1n) is 10.8. The van der Waals surface area contributed by atoms with Crippen molar-refractivity contribution in [2.45, 2.75) is 32.6 Å². The molecule has 8 heteroatoms. The number of rotatable bonds is 8. The minimum absolute atomic E-state index is 0.00507. The Morgan fingerprint density at radius 2 is 1.69 bits per heavy atom. The standard InChI is InChI=1S/C24H25N3O5/c1-2-3-6-12-26-19-14-16(9-10-20(19)32-15-22(26)29)25-21(28)11-13-27-23(30)17-7-4-5-8-18(17)24(27)31/h4-5,7-10,14H,2-3,6,11-13,15H2,1H3,(H,25,28). The lowest BCUT2D eigenvalue weighted by Crippen LogP contribution is -2.39. The molecule has 0 atom stereocenters. The smallest absolute Gasteiger partial charge is 0.265 e. The number of hydrogen-bond acceptors (Lipinski definition) is 5. The number of ether oxygens (including phenoxy) is 1. The van der Waals surface area contributed by atoms with Crippen molar-refractivity contribution in [3.05, 3.63) is 53.6 Å². The molecule has 4 rings (SSSR count). The maximum atomic E-state index is 12.5. The van der Waals surface area contributed by atoms with Gasteiger partial charge in [0.1, 0.15) is 5.75 Å². The predicted octanol–water partition coefficient (Wildman–Crippen LogP) is 3.23. The Morgan fingerprint density at radius 1 is 0.969 bits per heavy atom. The van der Waals surface area contributed by atoms with Gasteiger partial charge in [0.05, 0.1) is 16.8 Å². The third-order valence-corrected chi connectivity index (χ3v) is 5.61. The summed E-state index contributed by atoms with van der Waals surface area (Å²) in [5.41, 5.74) is 1.88. The number of benzene rings is 2. The van der Waals surface area contributed by atoms with E-state index in [9.17, 15) is 19.2 Å². The van der Waals surface area contributed by atoms with Gasteiger partial charge in [-0.05, 0) is 36.8 Å². The summed E-state index contributed by atoms with van der Waals surface area (Å²) < 4.78 is 5.52. The molecule has 4 amide bonds. The molecule has 2 aliphatic rings. The van der Waals surface area contributed by atoms with Crippen molar-refractivity contribution in [1.29, 1.82) is 0 Å². The molecule has 0 radical (unpaired) electrons. The topological polar surface area (TPSA) is 96.0 Å². The van der Waals surface area contributed by atoms with E-state index in [0.29, 0.717) is 34.8 Å². The molecule has 0 aliphatic carbocycles. The van der Waals surface area contributed by atoms with Gasteiger partial charge in [0, 0.05) is 25.2 Å². The zero-order valence-electron chi connectivity index (χ0n) is 17.9. The first kappa shape index (κ1) is 21.5. The summed E-state index contributed by atoms with van der Waals surface area (Å²) in [7, 11) is 0. The largest absolute Gasteiger partial charge is 0.482 e. The molecule has 0 saturated carbocycles. The van der Waals surface area contributed by atoms with Crippen LogP contribution in [0.2, 0.25) is 0 Å². The van der Waals surface area contributed by atoms with Crippen LogP contribution in [-0.4, -0.2) is 48.2 Å². The SMILES string of the molecule is CCCCCN1C(=O)COc2ccc(NC(=O)CCN3C(=O)c4ccccc4C3=O)cc21. The van der Waals surface area contributed by atoms with E-state index in [4.69, 9.17) is 4.74 Å². The molecule has 2 aliphatic heterocycles. The minimum Gasteiger partial charge on any atom is -0.482 e. The average molecular weight is 435 g/mol. The van der Waals surface area contributed by atoms with E-state index in [1.807, 2.05) is 0 Å². The highest BCUT2D eigenvalue weighted by Crippen LogP contribution is 2.35. The van der Waals surface area contributed by atoms with Crippen LogP contribution in [0.25, 0.3) is 0 Å². The van der Waals surface area contributed by atoms with Crippen molar-refractivity contribution in [1.82, 2.24) is 4.90 Å². The zero-order valence-corrected chi connectivity index (χ0v) is 17.9. The normalized spacial score (nSPS) is 14.8. The van der Waals surface area contributed by atoms with Gasteiger partial charge in [-0.15, -0.1) is 0 Å². The van der Waals surface area contributed by atoms with Crippen molar-refractivity contribution in [2.75, 3.05) is 29.9 Å². The number of anilines is 2. The lowest BCUT2D eigenvalue weighted by atomic mass is 10.1. The Bertz CT molecular complexity index is 1050. The fourth-order valence-electron chi connectivity index (χ4n) is 3.92. The van der Waals surface area contributed by atoms with Crippen LogP contribution in [0.15, 0.2) is 42.5 Å². The van der Waals surface area contributed by atoms with Crippen LogP contribution in [0.4, 0.5) is 11.4 Å². The van der Waals surface area contributed by atoms with E-state index in [-0.39, 0.29) is 43.2 Å². The van der Waals surface area contributed by atoms with Crippen LogP contribution in [0, 0.1) is 0 Å². The van der Waals surface area contributed by atoms with Crippen LogP contribution in [0.3, 0.4) is 0 Å². The number of hydrogen-bond donors (Lipinski definition) is 1. The van der Waals surface area contributed by atoms with Gasteiger partial charge in [-0.3, -0.25) is 24.1 Å². The Hall–Kier alpha value is -3.68. The van der Waals surface area contributed by atoms with Crippen molar-refractivity contribution in [3.8, 4) is 5.75 Å². The zero-order chi connectivity index (χ0) is 22.7. The highest BCUT2D eigenvalue weighted by Gasteiger charge is 2.35. The first-order valence-corrected chi connectivity index (χ1v) is 10.8. The van der Waals surface area contributed by atoms with E-state index < -0.39 is 0 Å². The number of carbonyl (C=O) groups is 4. The average Bonchev–Trinajstić information content (AvgIpc) is 3.04. The second-order valence-corrected chi connectivity index (χ2v) is 7.83. The monoisotopic (exact) mass is 435 g/mol. The van der Waals surface area contributed by atoms with Crippen LogP contribution in [0.1, 0.15) is 53.3 Å². The Morgan fingerprint density at radius 3 is 2.38 bits per heavy atom. The Balaban J connectivity index is 1.39. The molecule has 32 heavy (non-hydrogen) atoms. The number of nitrogens with zero attached hydrogens (tertiary/aromatic N) is 2. The molecule has 0 unspecified atom stereocenters. The third kappa shape index (κ3) is 4.21. The summed E-state index contributed by atoms with van der Waals surface area (Å²) in [5, 5.41) is 2.79. The summed E-state index contributed by atoms with van der Waals surface area (Å²) >= 11 is 0. The highest BCUT2D eigenvalue weighted by molar-refractivity contribution is 6.21. The van der Waals surface area contributed by atoms with Gasteiger partial charge in [0.2, 0.25) is 5.91 Å². The predicted molar refractivity (Wildman–Crippen MR) is 119 cm³/mol. The summed E-state index contributed by atoms with van der Waals surface area (Å²) in [6.07, 6.45) is 2.93. The molecular formula is C24H25N3O5. The molecular weight excluding hydrogens is 410 g/mol. The van der Waals surface area contributed by atoms with Crippen molar-refractivity contribution < 1.29 is 23.9 Å². The lowest BCUT2D eigenvalue weighted by Gasteiger charge is -2.30. The van der Waals surface area contributed by atoms with E-state index in [1.165, 1.54) is 0 Å². The van der Waals surface area contributed by atoms with Gasteiger partial charge in [0.15, 0.2) is 6.61 Å². The maximum Gasteiger partial charge on any atom is 0.265 e. The molecule has 0 aromatic heterocycles. The number of amides is 4.